The molecule has 1 atom stereocenters. The number of rotatable bonds is 5. The van der Waals surface area contributed by atoms with E-state index in [-0.39, 0.29) is 0 Å². The van der Waals surface area contributed by atoms with Crippen LogP contribution in [0.4, 0.5) is 11.6 Å². The van der Waals surface area contributed by atoms with Crippen LogP contribution in [0.25, 0.3) is 0 Å². The molecule has 6 nitrogen and oxygen atoms in total. The maximum atomic E-state index is 10.2. The van der Waals surface area contributed by atoms with E-state index in [4.69, 9.17) is 4.74 Å². The van der Waals surface area contributed by atoms with Crippen LogP contribution in [-0.4, -0.2) is 47.5 Å². The lowest BCUT2D eigenvalue weighted by atomic mass is 10.0. The Morgan fingerprint density at radius 2 is 2.22 bits per heavy atom. The molecule has 0 aromatic carbocycles. The second kappa shape index (κ2) is 5.49. The predicted octanol–water partition coefficient (Wildman–Crippen LogP) is 0.644. The van der Waals surface area contributed by atoms with Crippen LogP contribution < -0.4 is 10.6 Å². The van der Waals surface area contributed by atoms with Crippen LogP contribution in [0.3, 0.4) is 0 Å². The van der Waals surface area contributed by atoms with Crippen LogP contribution in [-0.2, 0) is 11.2 Å². The monoisotopic (exact) mass is 252 g/mol. The Hall–Kier alpha value is -1.40. The van der Waals surface area contributed by atoms with Gasteiger partial charge in [-0.3, -0.25) is 0 Å². The van der Waals surface area contributed by atoms with Crippen molar-refractivity contribution in [2.75, 3.05) is 37.4 Å². The van der Waals surface area contributed by atoms with Crippen LogP contribution >= 0.6 is 0 Å². The molecular weight excluding hydrogens is 232 g/mol. The van der Waals surface area contributed by atoms with E-state index in [1.165, 1.54) is 0 Å². The first kappa shape index (κ1) is 13.0. The largest absolute Gasteiger partial charge is 0.386 e. The summed E-state index contributed by atoms with van der Waals surface area (Å²) >= 11 is 0. The lowest BCUT2D eigenvalue weighted by Gasteiger charge is -2.21. The quantitative estimate of drug-likeness (QED) is 0.714. The third-order valence-electron chi connectivity index (χ3n) is 3.03. The van der Waals surface area contributed by atoms with Gasteiger partial charge in [0.15, 0.2) is 0 Å². The molecule has 2 rings (SSSR count). The van der Waals surface area contributed by atoms with Crippen molar-refractivity contribution < 1.29 is 9.84 Å². The Bertz CT molecular complexity index is 383. The summed E-state index contributed by atoms with van der Waals surface area (Å²) < 4.78 is 5.20. The minimum atomic E-state index is -0.781. The van der Waals surface area contributed by atoms with Gasteiger partial charge in [0.05, 0.1) is 6.61 Å². The number of aliphatic hydroxyl groups is 1. The topological polar surface area (TPSA) is 79.3 Å². The minimum absolute atomic E-state index is 0.380. The summed E-state index contributed by atoms with van der Waals surface area (Å²) in [5, 5.41) is 16.3. The molecule has 0 amide bonds. The number of hydrogen-bond acceptors (Lipinski definition) is 6. The molecule has 1 unspecified atom stereocenters. The zero-order valence-electron chi connectivity index (χ0n) is 10.9. The first-order valence-corrected chi connectivity index (χ1v) is 6.25. The summed E-state index contributed by atoms with van der Waals surface area (Å²) in [7, 11) is 1.82. The van der Waals surface area contributed by atoms with E-state index < -0.39 is 5.60 Å². The maximum absolute atomic E-state index is 10.2. The molecule has 1 aromatic rings. The molecule has 100 valence electrons. The van der Waals surface area contributed by atoms with E-state index in [1.54, 1.807) is 0 Å². The highest BCUT2D eigenvalue weighted by Crippen LogP contribution is 2.19. The van der Waals surface area contributed by atoms with E-state index >= 15 is 0 Å². The van der Waals surface area contributed by atoms with Gasteiger partial charge in [0.1, 0.15) is 23.1 Å². The van der Waals surface area contributed by atoms with Gasteiger partial charge in [-0.25, -0.2) is 9.97 Å². The second-order valence-corrected chi connectivity index (χ2v) is 4.54. The third kappa shape index (κ3) is 3.08. The standard InChI is InChI=1S/C12H20N4O2/c1-3-9-15-10(13-2)6-11(16-9)14-7-12(17)4-5-18-8-12/h6,17H,3-5,7-8H2,1-2H3,(H2,13,14,15,16). The number of ether oxygens (including phenoxy) is 1. The summed E-state index contributed by atoms with van der Waals surface area (Å²) in [6.07, 6.45) is 1.43. The number of hydrogen-bond donors (Lipinski definition) is 3. The molecule has 2 heterocycles. The smallest absolute Gasteiger partial charge is 0.132 e. The summed E-state index contributed by atoms with van der Waals surface area (Å²) in [5.41, 5.74) is -0.781. The summed E-state index contributed by atoms with van der Waals surface area (Å²) in [6.45, 7) is 3.45. The van der Waals surface area contributed by atoms with Gasteiger partial charge in [0.25, 0.3) is 0 Å². The number of nitrogens with zero attached hydrogens (tertiary/aromatic N) is 2. The average molecular weight is 252 g/mol. The van der Waals surface area contributed by atoms with Crippen LogP contribution in [0.2, 0.25) is 0 Å². The van der Waals surface area contributed by atoms with Crippen molar-refractivity contribution in [3.63, 3.8) is 0 Å². The lowest BCUT2D eigenvalue weighted by Crippen LogP contribution is -2.37. The molecule has 1 aromatic heterocycles. The van der Waals surface area contributed by atoms with Crippen molar-refractivity contribution in [1.29, 1.82) is 0 Å². The van der Waals surface area contributed by atoms with Gasteiger partial charge in [0.2, 0.25) is 0 Å². The van der Waals surface area contributed by atoms with Crippen molar-refractivity contribution >= 4 is 11.6 Å². The van der Waals surface area contributed by atoms with Crippen molar-refractivity contribution in [3.8, 4) is 0 Å². The van der Waals surface area contributed by atoms with Gasteiger partial charge in [-0.2, -0.15) is 0 Å². The number of nitrogens with one attached hydrogen (secondary N) is 2. The molecular formula is C12H20N4O2. The fourth-order valence-electron chi connectivity index (χ4n) is 1.86. The van der Waals surface area contributed by atoms with Crippen molar-refractivity contribution in [2.45, 2.75) is 25.4 Å². The number of aromatic nitrogens is 2. The summed E-state index contributed by atoms with van der Waals surface area (Å²) in [6, 6.07) is 1.83. The van der Waals surface area contributed by atoms with Crippen molar-refractivity contribution in [1.82, 2.24) is 9.97 Å². The number of anilines is 2. The minimum Gasteiger partial charge on any atom is -0.386 e. The first-order chi connectivity index (χ1) is 8.65. The first-order valence-electron chi connectivity index (χ1n) is 6.25. The summed E-state index contributed by atoms with van der Waals surface area (Å²) in [5.74, 6) is 2.28. The predicted molar refractivity (Wildman–Crippen MR) is 69.8 cm³/mol. The van der Waals surface area contributed by atoms with Gasteiger partial charge < -0.3 is 20.5 Å². The van der Waals surface area contributed by atoms with Gasteiger partial charge in [-0.15, -0.1) is 0 Å². The fraction of sp³-hybridized carbons (Fsp3) is 0.667. The van der Waals surface area contributed by atoms with Crippen molar-refractivity contribution in [2.24, 2.45) is 0 Å². The highest BCUT2D eigenvalue weighted by molar-refractivity contribution is 5.47. The third-order valence-corrected chi connectivity index (χ3v) is 3.03. The van der Waals surface area contributed by atoms with E-state index in [0.29, 0.717) is 26.2 Å². The molecule has 6 heteroatoms. The molecule has 0 spiro atoms. The molecule has 18 heavy (non-hydrogen) atoms. The molecule has 1 aliphatic heterocycles. The average Bonchev–Trinajstić information content (AvgIpc) is 2.83. The molecule has 0 radical (unpaired) electrons. The van der Waals surface area contributed by atoms with Crippen LogP contribution in [0, 0.1) is 0 Å². The van der Waals surface area contributed by atoms with E-state index in [2.05, 4.69) is 20.6 Å². The molecule has 1 saturated heterocycles. The van der Waals surface area contributed by atoms with E-state index in [0.717, 1.165) is 23.9 Å². The highest BCUT2D eigenvalue weighted by Gasteiger charge is 2.32. The van der Waals surface area contributed by atoms with Crippen LogP contribution in [0.1, 0.15) is 19.2 Å². The second-order valence-electron chi connectivity index (χ2n) is 4.54. The van der Waals surface area contributed by atoms with E-state index in [9.17, 15) is 5.11 Å². The molecule has 1 aliphatic rings. The zero-order valence-corrected chi connectivity index (χ0v) is 10.9. The van der Waals surface area contributed by atoms with Crippen LogP contribution in [0.5, 0.6) is 0 Å². The maximum Gasteiger partial charge on any atom is 0.132 e. The number of aryl methyl sites for hydroxylation is 1. The van der Waals surface area contributed by atoms with Gasteiger partial charge in [-0.05, 0) is 0 Å². The lowest BCUT2D eigenvalue weighted by molar-refractivity contribution is 0.0381. The van der Waals surface area contributed by atoms with Gasteiger partial charge in [-0.1, -0.05) is 6.92 Å². The summed E-state index contributed by atoms with van der Waals surface area (Å²) in [4.78, 5) is 8.70. The Labute approximate surface area is 107 Å². The highest BCUT2D eigenvalue weighted by atomic mass is 16.5. The van der Waals surface area contributed by atoms with Crippen molar-refractivity contribution in [3.05, 3.63) is 11.9 Å². The van der Waals surface area contributed by atoms with Crippen LogP contribution in [0.15, 0.2) is 6.07 Å². The van der Waals surface area contributed by atoms with E-state index in [1.807, 2.05) is 20.0 Å². The zero-order chi connectivity index (χ0) is 13.0. The molecule has 1 fully saturated rings. The van der Waals surface area contributed by atoms with Gasteiger partial charge in [0, 0.05) is 39.1 Å². The molecule has 3 N–H and O–H groups in total. The molecule has 0 aliphatic carbocycles. The Kier molecular flexibility index (Phi) is 3.98. The molecule has 0 saturated carbocycles. The fourth-order valence-corrected chi connectivity index (χ4v) is 1.86. The normalized spacial score (nSPS) is 23.1. The molecule has 0 bridgehead atoms. The Morgan fingerprint density at radius 3 is 2.83 bits per heavy atom. The Morgan fingerprint density at radius 1 is 1.44 bits per heavy atom. The SMILES string of the molecule is CCc1nc(NC)cc(NCC2(O)CCOC2)n1. The Balaban J connectivity index is 2.04. The van der Waals surface area contributed by atoms with Gasteiger partial charge >= 0.3 is 0 Å².